The van der Waals surface area contributed by atoms with Crippen molar-refractivity contribution in [2.75, 3.05) is 32.2 Å². The highest BCUT2D eigenvalue weighted by atomic mass is 32.2. The molecule has 0 saturated carbocycles. The molecule has 0 atom stereocenters. The van der Waals surface area contributed by atoms with Gasteiger partial charge < -0.3 is 14.4 Å². The molecule has 8 heteroatoms. The van der Waals surface area contributed by atoms with Crippen molar-refractivity contribution in [2.24, 2.45) is 0 Å². The van der Waals surface area contributed by atoms with E-state index in [9.17, 15) is 13.2 Å². The molecule has 1 aliphatic rings. The van der Waals surface area contributed by atoms with Crippen molar-refractivity contribution >= 4 is 21.6 Å². The lowest BCUT2D eigenvalue weighted by atomic mass is 10.1. The van der Waals surface area contributed by atoms with Crippen LogP contribution in [-0.2, 0) is 21.2 Å². The minimum atomic E-state index is -3.62. The van der Waals surface area contributed by atoms with Gasteiger partial charge in [-0.05, 0) is 54.8 Å². The van der Waals surface area contributed by atoms with Gasteiger partial charge in [0.05, 0.1) is 19.1 Å². The van der Waals surface area contributed by atoms with Gasteiger partial charge in [0.15, 0.2) is 11.5 Å². The highest BCUT2D eigenvalue weighted by Gasteiger charge is 2.22. The molecule has 28 heavy (non-hydrogen) atoms. The van der Waals surface area contributed by atoms with Crippen LogP contribution in [0.25, 0.3) is 0 Å². The molecule has 0 unspecified atom stereocenters. The number of ether oxygens (including phenoxy) is 2. The Morgan fingerprint density at radius 2 is 1.75 bits per heavy atom. The number of nitrogens with one attached hydrogen (secondary N) is 1. The van der Waals surface area contributed by atoms with Gasteiger partial charge in [0.1, 0.15) is 0 Å². The van der Waals surface area contributed by atoms with Crippen molar-refractivity contribution in [3.8, 4) is 11.5 Å². The zero-order valence-electron chi connectivity index (χ0n) is 16.0. The van der Waals surface area contributed by atoms with Crippen molar-refractivity contribution in [3.05, 3.63) is 48.0 Å². The fraction of sp³-hybridized carbons (Fsp3) is 0.350. The first-order valence-corrected chi connectivity index (χ1v) is 10.5. The van der Waals surface area contributed by atoms with Crippen LogP contribution < -0.4 is 19.1 Å². The monoisotopic (exact) mass is 404 g/mol. The van der Waals surface area contributed by atoms with Crippen LogP contribution >= 0.6 is 0 Å². The molecule has 1 heterocycles. The van der Waals surface area contributed by atoms with Crippen LogP contribution in [0.4, 0.5) is 5.69 Å². The third-order valence-corrected chi connectivity index (χ3v) is 6.16. The maximum atomic E-state index is 12.5. The molecule has 3 rings (SSSR count). The number of rotatable bonds is 8. The quantitative estimate of drug-likeness (QED) is 0.730. The number of benzene rings is 2. The Hall–Kier alpha value is -2.58. The van der Waals surface area contributed by atoms with Crippen LogP contribution in [0.15, 0.2) is 47.4 Å². The number of sulfonamides is 1. The summed E-state index contributed by atoms with van der Waals surface area (Å²) in [4.78, 5) is 13.7. The summed E-state index contributed by atoms with van der Waals surface area (Å²) in [5.74, 6) is 1.31. The molecule has 1 saturated heterocycles. The van der Waals surface area contributed by atoms with Gasteiger partial charge in [0.25, 0.3) is 0 Å². The molecule has 0 aliphatic carbocycles. The number of hydrogen-bond donors (Lipinski definition) is 1. The van der Waals surface area contributed by atoms with E-state index in [-0.39, 0.29) is 17.3 Å². The molecule has 150 valence electrons. The molecule has 1 amide bonds. The molecular weight excluding hydrogens is 380 g/mol. The molecule has 1 N–H and O–H groups in total. The van der Waals surface area contributed by atoms with Gasteiger partial charge in [0.2, 0.25) is 15.9 Å². The molecule has 0 bridgehead atoms. The molecule has 1 fully saturated rings. The normalized spacial score (nSPS) is 14.4. The lowest BCUT2D eigenvalue weighted by Crippen LogP contribution is -2.26. The number of methoxy groups -OCH3 is 2. The van der Waals surface area contributed by atoms with Gasteiger partial charge in [-0.2, -0.15) is 0 Å². The summed E-state index contributed by atoms with van der Waals surface area (Å²) in [6.07, 6.45) is 1.88. The van der Waals surface area contributed by atoms with Gasteiger partial charge in [0, 0.05) is 25.2 Å². The maximum absolute atomic E-state index is 12.5. The Bertz CT molecular complexity index is 942. The summed E-state index contributed by atoms with van der Waals surface area (Å²) in [6.45, 7) is 0.929. The summed E-state index contributed by atoms with van der Waals surface area (Å²) < 4.78 is 38.1. The number of anilines is 1. The Morgan fingerprint density at radius 1 is 1.04 bits per heavy atom. The van der Waals surface area contributed by atoms with E-state index in [1.165, 1.54) is 12.1 Å². The molecule has 0 radical (unpaired) electrons. The Balaban J connectivity index is 1.61. The van der Waals surface area contributed by atoms with Crippen molar-refractivity contribution < 1.29 is 22.7 Å². The first-order valence-electron chi connectivity index (χ1n) is 9.05. The van der Waals surface area contributed by atoms with E-state index in [2.05, 4.69) is 4.72 Å². The summed E-state index contributed by atoms with van der Waals surface area (Å²) in [7, 11) is -0.497. The van der Waals surface area contributed by atoms with E-state index in [1.807, 2.05) is 12.1 Å². The summed E-state index contributed by atoms with van der Waals surface area (Å²) in [5.41, 5.74) is 1.66. The number of hydrogen-bond acceptors (Lipinski definition) is 5. The van der Waals surface area contributed by atoms with Gasteiger partial charge in [-0.15, -0.1) is 0 Å². The van der Waals surface area contributed by atoms with Crippen LogP contribution in [-0.4, -0.2) is 41.6 Å². The zero-order chi connectivity index (χ0) is 20.1. The van der Waals surface area contributed by atoms with Crippen molar-refractivity contribution in [1.82, 2.24) is 4.72 Å². The second-order valence-corrected chi connectivity index (χ2v) is 8.25. The first kappa shape index (κ1) is 20.2. The summed E-state index contributed by atoms with van der Waals surface area (Å²) in [5, 5.41) is 0. The predicted molar refractivity (Wildman–Crippen MR) is 106 cm³/mol. The largest absolute Gasteiger partial charge is 0.493 e. The highest BCUT2D eigenvalue weighted by molar-refractivity contribution is 7.89. The van der Waals surface area contributed by atoms with Crippen LogP contribution in [0.3, 0.4) is 0 Å². The van der Waals surface area contributed by atoms with Crippen LogP contribution in [0, 0.1) is 0 Å². The first-order chi connectivity index (χ1) is 13.4. The SMILES string of the molecule is COc1ccc(CCNS(=O)(=O)c2ccc(N3CCCC3=O)cc2)cc1OC. The Morgan fingerprint density at radius 3 is 2.36 bits per heavy atom. The topological polar surface area (TPSA) is 84.9 Å². The fourth-order valence-corrected chi connectivity index (χ4v) is 4.21. The van der Waals surface area contributed by atoms with Crippen molar-refractivity contribution in [3.63, 3.8) is 0 Å². The van der Waals surface area contributed by atoms with E-state index in [0.717, 1.165) is 17.7 Å². The molecule has 0 spiro atoms. The lowest BCUT2D eigenvalue weighted by molar-refractivity contribution is -0.117. The second kappa shape index (κ2) is 8.62. The fourth-order valence-electron chi connectivity index (χ4n) is 3.18. The van der Waals surface area contributed by atoms with Gasteiger partial charge in [-0.25, -0.2) is 13.1 Å². The average molecular weight is 404 g/mol. The summed E-state index contributed by atoms with van der Waals surface area (Å²) in [6, 6.07) is 11.9. The minimum Gasteiger partial charge on any atom is -0.493 e. The lowest BCUT2D eigenvalue weighted by Gasteiger charge is -2.16. The van der Waals surface area contributed by atoms with Crippen LogP contribution in [0.5, 0.6) is 11.5 Å². The molecule has 0 aromatic heterocycles. The standard InChI is InChI=1S/C20H24N2O5S/c1-26-18-10-5-15(14-19(18)27-2)11-12-21-28(24,25)17-8-6-16(7-9-17)22-13-3-4-20(22)23/h5-10,14,21H,3-4,11-13H2,1-2H3. The average Bonchev–Trinajstić information content (AvgIpc) is 3.13. The van der Waals surface area contributed by atoms with E-state index in [1.54, 1.807) is 37.3 Å². The highest BCUT2D eigenvalue weighted by Crippen LogP contribution is 2.27. The van der Waals surface area contributed by atoms with Gasteiger partial charge in [-0.3, -0.25) is 4.79 Å². The van der Waals surface area contributed by atoms with Gasteiger partial charge >= 0.3 is 0 Å². The summed E-state index contributed by atoms with van der Waals surface area (Å²) >= 11 is 0. The Kier molecular flexibility index (Phi) is 6.21. The van der Waals surface area contributed by atoms with Crippen LogP contribution in [0.2, 0.25) is 0 Å². The molecule has 1 aliphatic heterocycles. The van der Waals surface area contributed by atoms with E-state index >= 15 is 0 Å². The van der Waals surface area contributed by atoms with Crippen molar-refractivity contribution in [1.29, 1.82) is 0 Å². The van der Waals surface area contributed by atoms with E-state index in [0.29, 0.717) is 30.9 Å². The molecule has 7 nitrogen and oxygen atoms in total. The second-order valence-electron chi connectivity index (χ2n) is 6.48. The molecular formula is C20H24N2O5S. The van der Waals surface area contributed by atoms with E-state index in [4.69, 9.17) is 9.47 Å². The van der Waals surface area contributed by atoms with Gasteiger partial charge in [-0.1, -0.05) is 6.07 Å². The predicted octanol–water partition coefficient (Wildman–Crippen LogP) is 2.35. The number of amides is 1. The molecule has 2 aromatic carbocycles. The number of nitrogens with zero attached hydrogens (tertiary/aromatic N) is 1. The smallest absolute Gasteiger partial charge is 0.240 e. The number of carbonyl (C=O) groups is 1. The van der Waals surface area contributed by atoms with Crippen molar-refractivity contribution in [2.45, 2.75) is 24.2 Å². The Labute approximate surface area is 165 Å². The van der Waals surface area contributed by atoms with E-state index < -0.39 is 10.0 Å². The molecule has 2 aromatic rings. The van der Waals surface area contributed by atoms with Crippen LogP contribution in [0.1, 0.15) is 18.4 Å². The maximum Gasteiger partial charge on any atom is 0.240 e. The zero-order valence-corrected chi connectivity index (χ0v) is 16.8. The third-order valence-electron chi connectivity index (χ3n) is 4.69. The minimum absolute atomic E-state index is 0.0728. The third kappa shape index (κ3) is 4.45. The number of carbonyl (C=O) groups excluding carboxylic acids is 1.